The Hall–Kier alpha value is -1.51. The summed E-state index contributed by atoms with van der Waals surface area (Å²) in [5.41, 5.74) is 2.43. The normalized spacial score (nSPS) is 12.2. The van der Waals surface area contributed by atoms with Gasteiger partial charge in [0.1, 0.15) is 5.75 Å². The maximum absolute atomic E-state index is 6.15. The summed E-state index contributed by atoms with van der Waals surface area (Å²) in [4.78, 5) is 0. The molecule has 0 aliphatic rings. The highest BCUT2D eigenvalue weighted by Gasteiger charge is 2.05. The number of hydrogen-bond acceptors (Lipinski definition) is 2. The predicted molar refractivity (Wildman–Crippen MR) is 84.5 cm³/mol. The van der Waals surface area contributed by atoms with Crippen molar-refractivity contribution < 1.29 is 4.74 Å². The van der Waals surface area contributed by atoms with E-state index in [1.165, 1.54) is 5.56 Å². The first-order valence-corrected chi connectivity index (χ1v) is 7.16. The molecule has 106 valence electrons. The fourth-order valence-electron chi connectivity index (χ4n) is 2.11. The average Bonchev–Trinajstić information content (AvgIpc) is 2.47. The van der Waals surface area contributed by atoms with Crippen LogP contribution in [0.5, 0.6) is 5.75 Å². The lowest BCUT2D eigenvalue weighted by Gasteiger charge is -2.15. The zero-order valence-electron chi connectivity index (χ0n) is 11.9. The van der Waals surface area contributed by atoms with Gasteiger partial charge in [-0.25, -0.2) is 0 Å². The van der Waals surface area contributed by atoms with Crippen LogP contribution in [0.25, 0.3) is 0 Å². The fraction of sp³-hybridized carbons (Fsp3) is 0.294. The Morgan fingerprint density at radius 3 is 2.45 bits per heavy atom. The molecule has 0 bridgehead atoms. The van der Waals surface area contributed by atoms with Crippen LogP contribution in [0.1, 0.15) is 18.1 Å². The Labute approximate surface area is 125 Å². The number of halogens is 1. The van der Waals surface area contributed by atoms with E-state index in [0.717, 1.165) is 29.3 Å². The number of ether oxygens (including phenoxy) is 1. The third-order valence-corrected chi connectivity index (χ3v) is 3.67. The molecule has 2 nitrogen and oxygen atoms in total. The van der Waals surface area contributed by atoms with E-state index in [-0.39, 0.29) is 0 Å². The van der Waals surface area contributed by atoms with Gasteiger partial charge in [0, 0.05) is 17.6 Å². The zero-order chi connectivity index (χ0) is 14.4. The molecule has 0 aliphatic carbocycles. The SMILES string of the molecule is COc1ccc(C[C@H](C)NCc2ccccc2Cl)cc1. The minimum absolute atomic E-state index is 0.389. The van der Waals surface area contributed by atoms with E-state index in [1.54, 1.807) is 7.11 Å². The van der Waals surface area contributed by atoms with Crippen molar-refractivity contribution in [1.29, 1.82) is 0 Å². The van der Waals surface area contributed by atoms with Gasteiger partial charge in [-0.1, -0.05) is 41.9 Å². The lowest BCUT2D eigenvalue weighted by Crippen LogP contribution is -2.27. The maximum Gasteiger partial charge on any atom is 0.118 e. The first-order chi connectivity index (χ1) is 9.69. The minimum atomic E-state index is 0.389. The number of hydrogen-bond donors (Lipinski definition) is 1. The highest BCUT2D eigenvalue weighted by molar-refractivity contribution is 6.31. The molecule has 20 heavy (non-hydrogen) atoms. The van der Waals surface area contributed by atoms with Crippen LogP contribution in [0.3, 0.4) is 0 Å². The second-order valence-electron chi connectivity index (χ2n) is 4.93. The smallest absolute Gasteiger partial charge is 0.118 e. The molecule has 0 saturated heterocycles. The van der Waals surface area contributed by atoms with E-state index in [9.17, 15) is 0 Å². The molecular formula is C17H20ClNO. The fourth-order valence-corrected chi connectivity index (χ4v) is 2.32. The molecular weight excluding hydrogens is 270 g/mol. The summed E-state index contributed by atoms with van der Waals surface area (Å²) >= 11 is 6.15. The van der Waals surface area contributed by atoms with Crippen LogP contribution in [-0.2, 0) is 13.0 Å². The van der Waals surface area contributed by atoms with Crippen molar-refractivity contribution in [1.82, 2.24) is 5.32 Å². The van der Waals surface area contributed by atoms with Gasteiger partial charge in [-0.05, 0) is 42.7 Å². The Balaban J connectivity index is 1.86. The third-order valence-electron chi connectivity index (χ3n) is 3.30. The highest BCUT2D eigenvalue weighted by Crippen LogP contribution is 2.15. The minimum Gasteiger partial charge on any atom is -0.497 e. The quantitative estimate of drug-likeness (QED) is 0.865. The summed E-state index contributed by atoms with van der Waals surface area (Å²) in [5, 5.41) is 4.32. The third kappa shape index (κ3) is 4.26. The summed E-state index contributed by atoms with van der Waals surface area (Å²) in [7, 11) is 1.68. The monoisotopic (exact) mass is 289 g/mol. The Bertz CT molecular complexity index is 539. The van der Waals surface area contributed by atoms with E-state index in [1.807, 2.05) is 30.3 Å². The molecule has 0 spiro atoms. The second kappa shape index (κ2) is 7.32. The molecule has 0 unspecified atom stereocenters. The first kappa shape index (κ1) is 14.9. The maximum atomic E-state index is 6.15. The van der Waals surface area contributed by atoms with Gasteiger partial charge in [0.15, 0.2) is 0 Å². The average molecular weight is 290 g/mol. The van der Waals surface area contributed by atoms with Gasteiger partial charge in [-0.2, -0.15) is 0 Å². The van der Waals surface area contributed by atoms with E-state index >= 15 is 0 Å². The van der Waals surface area contributed by atoms with Crippen LogP contribution in [0.15, 0.2) is 48.5 Å². The van der Waals surface area contributed by atoms with Crippen LogP contribution < -0.4 is 10.1 Å². The van der Waals surface area contributed by atoms with Crippen molar-refractivity contribution in [3.05, 3.63) is 64.7 Å². The lowest BCUT2D eigenvalue weighted by molar-refractivity contribution is 0.414. The Morgan fingerprint density at radius 1 is 1.10 bits per heavy atom. The molecule has 3 heteroatoms. The molecule has 1 atom stereocenters. The van der Waals surface area contributed by atoms with Crippen molar-refractivity contribution >= 4 is 11.6 Å². The topological polar surface area (TPSA) is 21.3 Å². The zero-order valence-corrected chi connectivity index (χ0v) is 12.7. The summed E-state index contributed by atoms with van der Waals surface area (Å²) in [5.74, 6) is 0.894. The molecule has 0 heterocycles. The highest BCUT2D eigenvalue weighted by atomic mass is 35.5. The van der Waals surface area contributed by atoms with Gasteiger partial charge in [-0.15, -0.1) is 0 Å². The van der Waals surface area contributed by atoms with Crippen LogP contribution in [-0.4, -0.2) is 13.2 Å². The molecule has 1 N–H and O–H groups in total. The first-order valence-electron chi connectivity index (χ1n) is 6.79. The van der Waals surface area contributed by atoms with E-state index < -0.39 is 0 Å². The second-order valence-corrected chi connectivity index (χ2v) is 5.33. The molecule has 0 radical (unpaired) electrons. The van der Waals surface area contributed by atoms with Gasteiger partial charge in [0.05, 0.1) is 7.11 Å². The van der Waals surface area contributed by atoms with Crippen molar-refractivity contribution in [3.63, 3.8) is 0 Å². The van der Waals surface area contributed by atoms with Gasteiger partial charge in [0.25, 0.3) is 0 Å². The lowest BCUT2D eigenvalue weighted by atomic mass is 10.1. The van der Waals surface area contributed by atoms with Crippen LogP contribution >= 0.6 is 11.6 Å². The molecule has 0 fully saturated rings. The number of benzene rings is 2. The van der Waals surface area contributed by atoms with Gasteiger partial charge < -0.3 is 10.1 Å². The summed E-state index contributed by atoms with van der Waals surface area (Å²) < 4.78 is 5.16. The van der Waals surface area contributed by atoms with Crippen molar-refractivity contribution in [3.8, 4) is 5.75 Å². The molecule has 2 aromatic carbocycles. The van der Waals surface area contributed by atoms with Crippen LogP contribution in [0.2, 0.25) is 5.02 Å². The van der Waals surface area contributed by atoms with Crippen LogP contribution in [0.4, 0.5) is 0 Å². The molecule has 0 aliphatic heterocycles. The molecule has 2 rings (SSSR count). The van der Waals surface area contributed by atoms with E-state index in [2.05, 4.69) is 30.4 Å². The van der Waals surface area contributed by atoms with Gasteiger partial charge >= 0.3 is 0 Å². The van der Waals surface area contributed by atoms with Gasteiger partial charge in [-0.3, -0.25) is 0 Å². The van der Waals surface area contributed by atoms with Crippen molar-refractivity contribution in [2.45, 2.75) is 25.9 Å². The predicted octanol–water partition coefficient (Wildman–Crippen LogP) is 4.07. The largest absolute Gasteiger partial charge is 0.497 e. The number of methoxy groups -OCH3 is 1. The number of rotatable bonds is 6. The van der Waals surface area contributed by atoms with E-state index in [4.69, 9.17) is 16.3 Å². The Morgan fingerprint density at radius 2 is 1.80 bits per heavy atom. The summed E-state index contributed by atoms with van der Waals surface area (Å²) in [6.45, 7) is 2.97. The van der Waals surface area contributed by atoms with Crippen molar-refractivity contribution in [2.75, 3.05) is 7.11 Å². The molecule has 0 amide bonds. The molecule has 0 saturated carbocycles. The standard InChI is InChI=1S/C17H20ClNO/c1-13(11-14-7-9-16(20-2)10-8-14)19-12-15-5-3-4-6-17(15)18/h3-10,13,19H,11-12H2,1-2H3/t13-/m0/s1. The Kier molecular flexibility index (Phi) is 5.45. The van der Waals surface area contributed by atoms with E-state index in [0.29, 0.717) is 6.04 Å². The summed E-state index contributed by atoms with van der Waals surface area (Å²) in [6.07, 6.45) is 0.981. The van der Waals surface area contributed by atoms with Crippen molar-refractivity contribution in [2.24, 2.45) is 0 Å². The summed E-state index contributed by atoms with van der Waals surface area (Å²) in [6, 6.07) is 16.5. The van der Waals surface area contributed by atoms with Crippen LogP contribution in [0, 0.1) is 0 Å². The molecule has 0 aromatic heterocycles. The molecule has 2 aromatic rings. The van der Waals surface area contributed by atoms with Gasteiger partial charge in [0.2, 0.25) is 0 Å². The number of nitrogens with one attached hydrogen (secondary N) is 1.